The van der Waals surface area contributed by atoms with Crippen molar-refractivity contribution in [3.05, 3.63) is 11.4 Å². The van der Waals surface area contributed by atoms with Gasteiger partial charge in [-0.15, -0.1) is 0 Å². The van der Waals surface area contributed by atoms with Crippen molar-refractivity contribution in [2.75, 3.05) is 30.3 Å². The van der Waals surface area contributed by atoms with Crippen LogP contribution in [-0.4, -0.2) is 35.8 Å². The lowest BCUT2D eigenvalue weighted by molar-refractivity contribution is 0.0870. The average Bonchev–Trinajstić information content (AvgIpc) is 3.22. The maximum absolute atomic E-state index is 5.55. The van der Waals surface area contributed by atoms with Crippen molar-refractivity contribution in [3.63, 3.8) is 0 Å². The molecule has 2 rings (SSSR count). The molecule has 5 heteroatoms. The molecule has 1 aliphatic carbocycles. The van der Waals surface area contributed by atoms with Crippen LogP contribution in [0.15, 0.2) is 0 Å². The Labute approximate surface area is 121 Å². The van der Waals surface area contributed by atoms with Gasteiger partial charge in [-0.25, -0.2) is 9.97 Å². The van der Waals surface area contributed by atoms with Crippen molar-refractivity contribution >= 4 is 11.6 Å². The van der Waals surface area contributed by atoms with E-state index in [0.29, 0.717) is 12.5 Å². The van der Waals surface area contributed by atoms with E-state index in [1.165, 1.54) is 12.8 Å². The Balaban J connectivity index is 2.05. The first-order valence-corrected chi connectivity index (χ1v) is 7.59. The highest BCUT2D eigenvalue weighted by molar-refractivity contribution is 5.57. The van der Waals surface area contributed by atoms with Gasteiger partial charge in [0.05, 0.1) is 12.7 Å². The molecule has 0 radical (unpaired) electrons. The van der Waals surface area contributed by atoms with Crippen LogP contribution in [0.25, 0.3) is 0 Å². The van der Waals surface area contributed by atoms with Gasteiger partial charge >= 0.3 is 0 Å². The summed E-state index contributed by atoms with van der Waals surface area (Å²) < 4.78 is 5.55. The number of rotatable bonds is 8. The van der Waals surface area contributed by atoms with Crippen LogP contribution in [-0.2, 0) is 4.74 Å². The van der Waals surface area contributed by atoms with Crippen molar-refractivity contribution in [1.82, 2.24) is 9.97 Å². The molecule has 0 unspecified atom stereocenters. The molecule has 0 amide bonds. The monoisotopic (exact) mass is 278 g/mol. The fourth-order valence-electron chi connectivity index (χ4n) is 2.03. The molecule has 0 aliphatic heterocycles. The highest BCUT2D eigenvalue weighted by atomic mass is 16.5. The van der Waals surface area contributed by atoms with Gasteiger partial charge in [-0.05, 0) is 40.5 Å². The van der Waals surface area contributed by atoms with Crippen LogP contribution in [0.5, 0.6) is 0 Å². The van der Waals surface area contributed by atoms with Crippen molar-refractivity contribution < 1.29 is 4.74 Å². The molecule has 1 aromatic heterocycles. The summed E-state index contributed by atoms with van der Waals surface area (Å²) in [4.78, 5) is 9.32. The maximum Gasteiger partial charge on any atom is 0.136 e. The second kappa shape index (κ2) is 6.88. The van der Waals surface area contributed by atoms with Crippen LogP contribution in [0, 0.1) is 6.92 Å². The summed E-state index contributed by atoms with van der Waals surface area (Å²) >= 11 is 0. The third-order valence-corrected chi connectivity index (χ3v) is 3.30. The van der Waals surface area contributed by atoms with Gasteiger partial charge in [-0.2, -0.15) is 0 Å². The number of nitrogens with zero attached hydrogens (tertiary/aromatic N) is 2. The van der Waals surface area contributed by atoms with Crippen LogP contribution in [0.1, 0.15) is 50.9 Å². The fourth-order valence-corrected chi connectivity index (χ4v) is 2.03. The molecule has 1 saturated carbocycles. The summed E-state index contributed by atoms with van der Waals surface area (Å²) in [5.41, 5.74) is 1.08. The van der Waals surface area contributed by atoms with Gasteiger partial charge in [0, 0.05) is 24.6 Å². The van der Waals surface area contributed by atoms with Gasteiger partial charge in [0.15, 0.2) is 0 Å². The van der Waals surface area contributed by atoms with E-state index in [4.69, 9.17) is 4.74 Å². The Morgan fingerprint density at radius 3 is 2.40 bits per heavy atom. The average molecular weight is 278 g/mol. The van der Waals surface area contributed by atoms with Gasteiger partial charge < -0.3 is 15.4 Å². The molecule has 0 bridgehead atoms. The number of hydrogen-bond acceptors (Lipinski definition) is 5. The zero-order valence-corrected chi connectivity index (χ0v) is 13.0. The van der Waals surface area contributed by atoms with E-state index in [-0.39, 0.29) is 6.10 Å². The minimum atomic E-state index is 0.266. The summed E-state index contributed by atoms with van der Waals surface area (Å²) in [5.74, 6) is 3.42. The summed E-state index contributed by atoms with van der Waals surface area (Å²) in [6.07, 6.45) is 2.69. The first-order valence-electron chi connectivity index (χ1n) is 7.59. The predicted molar refractivity (Wildman–Crippen MR) is 82.5 cm³/mol. The van der Waals surface area contributed by atoms with Gasteiger partial charge in [0.25, 0.3) is 0 Å². The maximum atomic E-state index is 5.55. The molecule has 1 heterocycles. The number of hydrogen-bond donors (Lipinski definition) is 2. The third kappa shape index (κ3) is 4.07. The molecule has 0 atom stereocenters. The number of nitrogens with one attached hydrogen (secondary N) is 2. The molecule has 112 valence electrons. The van der Waals surface area contributed by atoms with E-state index >= 15 is 0 Å². The molecule has 0 aromatic carbocycles. The molecule has 1 aromatic rings. The molecule has 0 saturated heterocycles. The second-order valence-electron chi connectivity index (χ2n) is 5.55. The lowest BCUT2D eigenvalue weighted by Crippen LogP contribution is -2.16. The van der Waals surface area contributed by atoms with Gasteiger partial charge in [-0.1, -0.05) is 0 Å². The SMILES string of the molecule is CCNc1nc(C2CC2)nc(NCCOC(C)C)c1C. The van der Waals surface area contributed by atoms with Crippen LogP contribution < -0.4 is 10.6 Å². The van der Waals surface area contributed by atoms with Crippen LogP contribution in [0.3, 0.4) is 0 Å². The van der Waals surface area contributed by atoms with E-state index in [1.807, 2.05) is 13.8 Å². The van der Waals surface area contributed by atoms with Crippen LogP contribution in [0.4, 0.5) is 11.6 Å². The molecular formula is C15H26N4O. The van der Waals surface area contributed by atoms with E-state index in [9.17, 15) is 0 Å². The first-order chi connectivity index (χ1) is 9.61. The Bertz CT molecular complexity index is 444. The second-order valence-corrected chi connectivity index (χ2v) is 5.55. The predicted octanol–water partition coefficient (Wildman–Crippen LogP) is 2.93. The minimum Gasteiger partial charge on any atom is -0.377 e. The Kier molecular flexibility index (Phi) is 5.17. The zero-order chi connectivity index (χ0) is 14.5. The van der Waals surface area contributed by atoms with E-state index < -0.39 is 0 Å². The number of ether oxygens (including phenoxy) is 1. The van der Waals surface area contributed by atoms with Gasteiger partial charge in [0.1, 0.15) is 17.5 Å². The summed E-state index contributed by atoms with van der Waals surface area (Å²) in [7, 11) is 0. The van der Waals surface area contributed by atoms with Crippen molar-refractivity contribution in [2.45, 2.75) is 52.6 Å². The molecule has 5 nitrogen and oxygen atoms in total. The highest BCUT2D eigenvalue weighted by Gasteiger charge is 2.28. The molecular weight excluding hydrogens is 252 g/mol. The van der Waals surface area contributed by atoms with Crippen molar-refractivity contribution in [1.29, 1.82) is 0 Å². The smallest absolute Gasteiger partial charge is 0.136 e. The quantitative estimate of drug-likeness (QED) is 0.716. The van der Waals surface area contributed by atoms with E-state index in [0.717, 1.165) is 36.1 Å². The summed E-state index contributed by atoms with van der Waals surface area (Å²) in [6.45, 7) is 10.6. The van der Waals surface area contributed by atoms with Crippen LogP contribution in [0.2, 0.25) is 0 Å². The lowest BCUT2D eigenvalue weighted by atomic mass is 10.2. The summed E-state index contributed by atoms with van der Waals surface area (Å²) in [5, 5.41) is 6.70. The Morgan fingerprint density at radius 1 is 1.20 bits per heavy atom. The molecule has 20 heavy (non-hydrogen) atoms. The normalized spacial score (nSPS) is 14.7. The molecule has 0 spiro atoms. The van der Waals surface area contributed by atoms with Crippen LogP contribution >= 0.6 is 0 Å². The molecule has 1 aliphatic rings. The van der Waals surface area contributed by atoms with Gasteiger partial charge in [0.2, 0.25) is 0 Å². The van der Waals surface area contributed by atoms with E-state index in [1.54, 1.807) is 0 Å². The minimum absolute atomic E-state index is 0.266. The Morgan fingerprint density at radius 2 is 1.85 bits per heavy atom. The Hall–Kier alpha value is -1.36. The standard InChI is InChI=1S/C15H26N4O/c1-5-16-13-11(4)14(17-8-9-20-10(2)3)19-15(18-13)12-6-7-12/h10,12H,5-9H2,1-4H3,(H2,16,17,18,19). The van der Waals surface area contributed by atoms with Crippen molar-refractivity contribution in [2.24, 2.45) is 0 Å². The molecule has 2 N–H and O–H groups in total. The zero-order valence-electron chi connectivity index (χ0n) is 13.0. The molecule has 1 fully saturated rings. The fraction of sp³-hybridized carbons (Fsp3) is 0.733. The topological polar surface area (TPSA) is 59.1 Å². The third-order valence-electron chi connectivity index (χ3n) is 3.30. The number of anilines is 2. The van der Waals surface area contributed by atoms with E-state index in [2.05, 4.69) is 34.4 Å². The number of aromatic nitrogens is 2. The van der Waals surface area contributed by atoms with Crippen molar-refractivity contribution in [3.8, 4) is 0 Å². The highest BCUT2D eigenvalue weighted by Crippen LogP contribution is 2.39. The lowest BCUT2D eigenvalue weighted by Gasteiger charge is -2.15. The first kappa shape index (κ1) is 15.0. The summed E-state index contributed by atoms with van der Waals surface area (Å²) in [6, 6.07) is 0. The van der Waals surface area contributed by atoms with Gasteiger partial charge in [-0.3, -0.25) is 0 Å². The largest absolute Gasteiger partial charge is 0.377 e.